The van der Waals surface area contributed by atoms with E-state index < -0.39 is 6.10 Å². The summed E-state index contributed by atoms with van der Waals surface area (Å²) in [5.74, 6) is 0.418. The second-order valence-electron chi connectivity index (χ2n) is 4.84. The predicted octanol–water partition coefficient (Wildman–Crippen LogP) is 2.81. The van der Waals surface area contributed by atoms with Gasteiger partial charge in [-0.15, -0.1) is 11.3 Å². The summed E-state index contributed by atoms with van der Waals surface area (Å²) in [5.41, 5.74) is 1.95. The molecule has 1 aromatic carbocycles. The molecule has 1 aromatic heterocycles. The van der Waals surface area contributed by atoms with Crippen LogP contribution in [0.25, 0.3) is 0 Å². The average molecular weight is 305 g/mol. The Morgan fingerprint density at radius 3 is 2.90 bits per heavy atom. The predicted molar refractivity (Wildman–Crippen MR) is 83.5 cm³/mol. The van der Waals surface area contributed by atoms with Crippen molar-refractivity contribution in [3.8, 4) is 5.75 Å². The fourth-order valence-corrected chi connectivity index (χ4v) is 2.67. The number of nitrogens with one attached hydrogen (secondary N) is 1. The van der Waals surface area contributed by atoms with E-state index in [-0.39, 0.29) is 12.5 Å². The first-order valence-corrected chi connectivity index (χ1v) is 7.64. The minimum Gasteiger partial charge on any atom is -0.484 e. The Kier molecular flexibility index (Phi) is 5.36. The van der Waals surface area contributed by atoms with E-state index in [2.05, 4.69) is 5.32 Å². The topological polar surface area (TPSA) is 58.6 Å². The van der Waals surface area contributed by atoms with Crippen molar-refractivity contribution in [3.63, 3.8) is 0 Å². The normalized spacial score (nSPS) is 12.0. The highest BCUT2D eigenvalue weighted by Gasteiger charge is 2.06. The van der Waals surface area contributed by atoms with Crippen LogP contribution in [0.15, 0.2) is 35.7 Å². The van der Waals surface area contributed by atoms with E-state index in [1.807, 2.05) is 24.4 Å². The standard InChI is InChI=1S/C16H19NO3S/c1-11-6-7-21-15(11)9-17-16(19)10-20-14-5-3-4-13(8-14)12(2)18/h3-8,12,18H,9-10H2,1-2H3,(H,17,19)/t12-/m0/s1. The molecule has 0 aliphatic carbocycles. The number of aryl methyl sites for hydroxylation is 1. The van der Waals surface area contributed by atoms with Gasteiger partial charge in [0.25, 0.3) is 5.91 Å². The van der Waals surface area contributed by atoms with Crippen molar-refractivity contribution in [2.45, 2.75) is 26.5 Å². The van der Waals surface area contributed by atoms with Crippen molar-refractivity contribution in [1.82, 2.24) is 5.32 Å². The number of rotatable bonds is 6. The molecule has 0 saturated carbocycles. The molecule has 2 N–H and O–H groups in total. The van der Waals surface area contributed by atoms with Crippen molar-refractivity contribution in [1.29, 1.82) is 0 Å². The Labute approximate surface area is 128 Å². The van der Waals surface area contributed by atoms with Gasteiger partial charge in [-0.05, 0) is 48.6 Å². The number of amides is 1. The summed E-state index contributed by atoms with van der Waals surface area (Å²) in [4.78, 5) is 12.9. The number of aliphatic hydroxyl groups is 1. The van der Waals surface area contributed by atoms with Crippen LogP contribution < -0.4 is 10.1 Å². The lowest BCUT2D eigenvalue weighted by Crippen LogP contribution is -2.28. The van der Waals surface area contributed by atoms with Gasteiger partial charge in [0.05, 0.1) is 12.6 Å². The number of ether oxygens (including phenoxy) is 1. The minimum atomic E-state index is -0.552. The van der Waals surface area contributed by atoms with Crippen molar-refractivity contribution in [2.75, 3.05) is 6.61 Å². The van der Waals surface area contributed by atoms with Crippen molar-refractivity contribution < 1.29 is 14.6 Å². The van der Waals surface area contributed by atoms with Gasteiger partial charge in [-0.2, -0.15) is 0 Å². The summed E-state index contributed by atoms with van der Waals surface area (Å²) >= 11 is 1.63. The Hall–Kier alpha value is -1.85. The molecule has 0 spiro atoms. The van der Waals surface area contributed by atoms with Gasteiger partial charge >= 0.3 is 0 Å². The molecule has 5 heteroatoms. The highest BCUT2D eigenvalue weighted by Crippen LogP contribution is 2.18. The maximum Gasteiger partial charge on any atom is 0.258 e. The zero-order valence-corrected chi connectivity index (χ0v) is 12.9. The van der Waals surface area contributed by atoms with Crippen LogP contribution in [0, 0.1) is 6.92 Å². The molecule has 2 rings (SSSR count). The van der Waals surface area contributed by atoms with Crippen LogP contribution in [0.5, 0.6) is 5.75 Å². The second-order valence-corrected chi connectivity index (χ2v) is 5.84. The number of carbonyl (C=O) groups excluding carboxylic acids is 1. The van der Waals surface area contributed by atoms with Crippen molar-refractivity contribution in [2.24, 2.45) is 0 Å². The van der Waals surface area contributed by atoms with Gasteiger partial charge < -0.3 is 15.2 Å². The second kappa shape index (κ2) is 7.24. The van der Waals surface area contributed by atoms with Gasteiger partial charge in [0.2, 0.25) is 0 Å². The van der Waals surface area contributed by atoms with Crippen LogP contribution in [-0.4, -0.2) is 17.6 Å². The third kappa shape index (κ3) is 4.58. The first kappa shape index (κ1) is 15.5. The molecular weight excluding hydrogens is 286 g/mol. The van der Waals surface area contributed by atoms with Gasteiger partial charge in [0.1, 0.15) is 5.75 Å². The molecule has 112 valence electrons. The molecule has 0 unspecified atom stereocenters. The van der Waals surface area contributed by atoms with Gasteiger partial charge in [-0.3, -0.25) is 4.79 Å². The maximum absolute atomic E-state index is 11.8. The summed E-state index contributed by atoms with van der Waals surface area (Å²) in [7, 11) is 0. The number of thiophene rings is 1. The van der Waals surface area contributed by atoms with Crippen molar-refractivity contribution >= 4 is 17.2 Å². The van der Waals surface area contributed by atoms with Crippen LogP contribution in [0.1, 0.15) is 29.0 Å². The molecule has 0 bridgehead atoms. The van der Waals surface area contributed by atoms with E-state index in [0.29, 0.717) is 12.3 Å². The summed E-state index contributed by atoms with van der Waals surface area (Å²) in [6.45, 7) is 4.21. The zero-order valence-electron chi connectivity index (χ0n) is 12.1. The molecule has 0 aliphatic heterocycles. The van der Waals surface area contributed by atoms with Crippen molar-refractivity contribution in [3.05, 3.63) is 51.7 Å². The first-order chi connectivity index (χ1) is 10.1. The lowest BCUT2D eigenvalue weighted by Gasteiger charge is -2.10. The third-order valence-electron chi connectivity index (χ3n) is 3.12. The largest absolute Gasteiger partial charge is 0.484 e. The molecule has 4 nitrogen and oxygen atoms in total. The van der Waals surface area contributed by atoms with E-state index in [9.17, 15) is 9.90 Å². The molecule has 2 aromatic rings. The molecule has 0 fully saturated rings. The Morgan fingerprint density at radius 2 is 2.24 bits per heavy atom. The lowest BCUT2D eigenvalue weighted by atomic mass is 10.1. The molecule has 21 heavy (non-hydrogen) atoms. The summed E-state index contributed by atoms with van der Waals surface area (Å²) < 4.78 is 5.44. The fourth-order valence-electron chi connectivity index (χ4n) is 1.83. The van der Waals surface area contributed by atoms with E-state index in [1.54, 1.807) is 36.5 Å². The number of hydrogen-bond acceptors (Lipinski definition) is 4. The number of carbonyl (C=O) groups is 1. The quantitative estimate of drug-likeness (QED) is 0.863. The van der Waals surface area contributed by atoms with E-state index in [4.69, 9.17) is 4.74 Å². The maximum atomic E-state index is 11.8. The highest BCUT2D eigenvalue weighted by molar-refractivity contribution is 7.10. The number of aliphatic hydroxyl groups excluding tert-OH is 1. The van der Waals surface area contributed by atoms with Gasteiger partial charge in [-0.1, -0.05) is 12.1 Å². The SMILES string of the molecule is Cc1ccsc1CNC(=O)COc1cccc([C@H](C)O)c1. The van der Waals surface area contributed by atoms with E-state index in [1.165, 1.54) is 5.56 Å². The number of hydrogen-bond donors (Lipinski definition) is 2. The smallest absolute Gasteiger partial charge is 0.258 e. The molecule has 1 amide bonds. The fraction of sp³-hybridized carbons (Fsp3) is 0.312. The summed E-state index contributed by atoms with van der Waals surface area (Å²) in [6.07, 6.45) is -0.552. The Bertz CT molecular complexity index is 607. The minimum absolute atomic E-state index is 0.0340. The summed E-state index contributed by atoms with van der Waals surface area (Å²) in [6, 6.07) is 9.15. The first-order valence-electron chi connectivity index (χ1n) is 6.77. The lowest BCUT2D eigenvalue weighted by molar-refractivity contribution is -0.123. The van der Waals surface area contributed by atoms with Crippen LogP contribution in [0.3, 0.4) is 0 Å². The molecule has 0 aliphatic rings. The van der Waals surface area contributed by atoms with E-state index >= 15 is 0 Å². The Balaban J connectivity index is 1.81. The van der Waals surface area contributed by atoms with Crippen LogP contribution in [0.2, 0.25) is 0 Å². The molecule has 1 atom stereocenters. The van der Waals surface area contributed by atoms with E-state index in [0.717, 1.165) is 10.4 Å². The summed E-state index contributed by atoms with van der Waals surface area (Å²) in [5, 5.41) is 14.3. The van der Waals surface area contributed by atoms with Gasteiger partial charge in [0, 0.05) is 4.88 Å². The van der Waals surface area contributed by atoms with Crippen LogP contribution in [0.4, 0.5) is 0 Å². The molecule has 0 radical (unpaired) electrons. The zero-order chi connectivity index (χ0) is 15.2. The van der Waals surface area contributed by atoms with Crippen LogP contribution >= 0.6 is 11.3 Å². The number of benzene rings is 1. The monoisotopic (exact) mass is 305 g/mol. The molecule has 0 saturated heterocycles. The van der Waals surface area contributed by atoms with Gasteiger partial charge in [0.15, 0.2) is 6.61 Å². The highest BCUT2D eigenvalue weighted by atomic mass is 32.1. The molecular formula is C16H19NO3S. The van der Waals surface area contributed by atoms with Gasteiger partial charge in [-0.25, -0.2) is 0 Å². The third-order valence-corrected chi connectivity index (χ3v) is 4.15. The average Bonchev–Trinajstić information content (AvgIpc) is 2.88. The van der Waals surface area contributed by atoms with Crippen LogP contribution in [-0.2, 0) is 11.3 Å². The Morgan fingerprint density at radius 1 is 1.43 bits per heavy atom. The molecule has 1 heterocycles.